The molecule has 0 atom stereocenters. The summed E-state index contributed by atoms with van der Waals surface area (Å²) in [7, 11) is -2.84. The Morgan fingerprint density at radius 2 is 2.05 bits per heavy atom. The van der Waals surface area contributed by atoms with Gasteiger partial charge in [0.2, 0.25) is 0 Å². The van der Waals surface area contributed by atoms with Gasteiger partial charge < -0.3 is 10.2 Å². The van der Waals surface area contributed by atoms with Crippen molar-refractivity contribution < 1.29 is 8.42 Å². The van der Waals surface area contributed by atoms with Gasteiger partial charge in [0.25, 0.3) is 0 Å². The van der Waals surface area contributed by atoms with E-state index in [0.29, 0.717) is 19.0 Å². The third kappa shape index (κ3) is 4.18. The van der Waals surface area contributed by atoms with Gasteiger partial charge in [0.15, 0.2) is 9.84 Å². The van der Waals surface area contributed by atoms with Gasteiger partial charge in [-0.1, -0.05) is 13.8 Å². The maximum Gasteiger partial charge on any atom is 0.153 e. The molecule has 1 aromatic rings. The van der Waals surface area contributed by atoms with Crippen LogP contribution < -0.4 is 10.2 Å². The first-order valence-corrected chi connectivity index (χ1v) is 8.89. The van der Waals surface area contributed by atoms with E-state index in [1.807, 2.05) is 12.3 Å². The molecule has 0 amide bonds. The van der Waals surface area contributed by atoms with Gasteiger partial charge in [0.05, 0.1) is 23.4 Å². The molecule has 2 heterocycles. The van der Waals surface area contributed by atoms with Gasteiger partial charge in [-0.25, -0.2) is 8.42 Å². The molecule has 20 heavy (non-hydrogen) atoms. The van der Waals surface area contributed by atoms with Crippen molar-refractivity contribution in [3.63, 3.8) is 0 Å². The Morgan fingerprint density at radius 1 is 1.35 bits per heavy atom. The first-order valence-electron chi connectivity index (χ1n) is 7.07. The first kappa shape index (κ1) is 15.3. The van der Waals surface area contributed by atoms with Crippen LogP contribution in [0.4, 0.5) is 5.69 Å². The Labute approximate surface area is 121 Å². The van der Waals surface area contributed by atoms with E-state index in [-0.39, 0.29) is 11.5 Å². The van der Waals surface area contributed by atoms with E-state index in [4.69, 9.17) is 0 Å². The molecular weight excluding hydrogens is 274 g/mol. The van der Waals surface area contributed by atoms with Crippen LogP contribution in [0.15, 0.2) is 18.5 Å². The number of aromatic nitrogens is 1. The summed E-state index contributed by atoms with van der Waals surface area (Å²) < 4.78 is 23.0. The summed E-state index contributed by atoms with van der Waals surface area (Å²) in [6.07, 6.45) is 3.63. The number of rotatable bonds is 5. The molecule has 0 saturated carbocycles. The van der Waals surface area contributed by atoms with Crippen molar-refractivity contribution in [3.05, 3.63) is 24.0 Å². The normalized spacial score (nSPS) is 18.4. The highest BCUT2D eigenvalue weighted by Gasteiger charge is 2.23. The molecule has 0 unspecified atom stereocenters. The van der Waals surface area contributed by atoms with Gasteiger partial charge in [0.1, 0.15) is 0 Å². The Bertz CT molecular complexity index is 529. The van der Waals surface area contributed by atoms with Crippen LogP contribution in [0, 0.1) is 5.92 Å². The molecule has 1 saturated heterocycles. The predicted octanol–water partition coefficient (Wildman–Crippen LogP) is 1.06. The first-order chi connectivity index (χ1) is 9.48. The van der Waals surface area contributed by atoms with Gasteiger partial charge in [-0.15, -0.1) is 0 Å². The minimum absolute atomic E-state index is 0.237. The molecule has 1 aliphatic rings. The highest BCUT2D eigenvalue weighted by atomic mass is 32.2. The molecule has 0 aliphatic carbocycles. The zero-order valence-electron chi connectivity index (χ0n) is 12.2. The second-order valence-corrected chi connectivity index (χ2v) is 7.97. The molecule has 1 fully saturated rings. The topological polar surface area (TPSA) is 62.3 Å². The van der Waals surface area contributed by atoms with E-state index in [1.165, 1.54) is 5.56 Å². The Balaban J connectivity index is 2.04. The van der Waals surface area contributed by atoms with E-state index < -0.39 is 9.84 Å². The lowest BCUT2D eigenvalue weighted by atomic mass is 10.2. The van der Waals surface area contributed by atoms with Crippen molar-refractivity contribution in [2.75, 3.05) is 36.0 Å². The number of nitrogens with zero attached hydrogens (tertiary/aromatic N) is 2. The zero-order chi connectivity index (χ0) is 14.6. The molecule has 0 spiro atoms. The largest absolute Gasteiger partial charge is 0.368 e. The predicted molar refractivity (Wildman–Crippen MR) is 81.6 cm³/mol. The van der Waals surface area contributed by atoms with Gasteiger partial charge in [0, 0.05) is 25.8 Å². The highest BCUT2D eigenvalue weighted by molar-refractivity contribution is 7.91. The SMILES string of the molecule is CC(C)CNCc1ccncc1N1CCS(=O)(=O)CC1. The van der Waals surface area contributed by atoms with Crippen molar-refractivity contribution in [2.24, 2.45) is 5.92 Å². The summed E-state index contributed by atoms with van der Waals surface area (Å²) in [5, 5.41) is 3.42. The van der Waals surface area contributed by atoms with E-state index >= 15 is 0 Å². The lowest BCUT2D eigenvalue weighted by molar-refractivity contribution is 0.551. The van der Waals surface area contributed by atoms with Crippen molar-refractivity contribution in [1.29, 1.82) is 0 Å². The van der Waals surface area contributed by atoms with Crippen LogP contribution in [0.1, 0.15) is 19.4 Å². The fourth-order valence-electron chi connectivity index (χ4n) is 2.30. The summed E-state index contributed by atoms with van der Waals surface area (Å²) in [5.41, 5.74) is 2.23. The summed E-state index contributed by atoms with van der Waals surface area (Å²) in [5.74, 6) is 1.09. The molecule has 1 aliphatic heterocycles. The second-order valence-electron chi connectivity index (χ2n) is 5.67. The zero-order valence-corrected chi connectivity index (χ0v) is 13.0. The van der Waals surface area contributed by atoms with Crippen LogP contribution in [0.3, 0.4) is 0 Å². The molecular formula is C14H23N3O2S. The number of nitrogens with one attached hydrogen (secondary N) is 1. The van der Waals surface area contributed by atoms with Crippen LogP contribution in [-0.2, 0) is 16.4 Å². The monoisotopic (exact) mass is 297 g/mol. The van der Waals surface area contributed by atoms with Crippen LogP contribution in [0.2, 0.25) is 0 Å². The van der Waals surface area contributed by atoms with E-state index in [2.05, 4.69) is 29.0 Å². The van der Waals surface area contributed by atoms with Crippen molar-refractivity contribution in [3.8, 4) is 0 Å². The number of anilines is 1. The summed E-state index contributed by atoms with van der Waals surface area (Å²) in [6.45, 7) is 7.23. The minimum atomic E-state index is -2.84. The summed E-state index contributed by atoms with van der Waals surface area (Å²) in [6, 6.07) is 2.01. The average Bonchev–Trinajstić information content (AvgIpc) is 2.39. The molecule has 1 N–H and O–H groups in total. The van der Waals surface area contributed by atoms with E-state index in [1.54, 1.807) is 6.20 Å². The fourth-order valence-corrected chi connectivity index (χ4v) is 3.50. The van der Waals surface area contributed by atoms with Crippen molar-refractivity contribution in [2.45, 2.75) is 20.4 Å². The minimum Gasteiger partial charge on any atom is -0.368 e. The fraction of sp³-hybridized carbons (Fsp3) is 0.643. The Hall–Kier alpha value is -1.14. The van der Waals surface area contributed by atoms with Crippen molar-refractivity contribution in [1.82, 2.24) is 10.3 Å². The van der Waals surface area contributed by atoms with Crippen LogP contribution >= 0.6 is 0 Å². The van der Waals surface area contributed by atoms with Crippen LogP contribution in [-0.4, -0.2) is 44.5 Å². The molecule has 0 radical (unpaired) electrons. The quantitative estimate of drug-likeness (QED) is 0.880. The summed E-state index contributed by atoms with van der Waals surface area (Å²) in [4.78, 5) is 6.31. The molecule has 2 rings (SSSR count). The Kier molecular flexibility index (Phi) is 4.99. The number of hydrogen-bond donors (Lipinski definition) is 1. The standard InChI is InChI=1S/C14H23N3O2S/c1-12(2)9-16-10-13-3-4-15-11-14(13)17-5-7-20(18,19)8-6-17/h3-4,11-12,16H,5-10H2,1-2H3. The molecule has 0 aromatic carbocycles. The van der Waals surface area contributed by atoms with Gasteiger partial charge in [-0.3, -0.25) is 4.98 Å². The molecule has 5 nitrogen and oxygen atoms in total. The number of hydrogen-bond acceptors (Lipinski definition) is 5. The van der Waals surface area contributed by atoms with Crippen LogP contribution in [0.25, 0.3) is 0 Å². The third-order valence-corrected chi connectivity index (χ3v) is 5.05. The average molecular weight is 297 g/mol. The smallest absolute Gasteiger partial charge is 0.153 e. The van der Waals surface area contributed by atoms with Gasteiger partial charge in [-0.2, -0.15) is 0 Å². The van der Waals surface area contributed by atoms with E-state index in [9.17, 15) is 8.42 Å². The molecule has 112 valence electrons. The van der Waals surface area contributed by atoms with E-state index in [0.717, 1.165) is 18.8 Å². The lowest BCUT2D eigenvalue weighted by Crippen LogP contribution is -2.41. The molecule has 6 heteroatoms. The lowest BCUT2D eigenvalue weighted by Gasteiger charge is -2.30. The third-order valence-electron chi connectivity index (χ3n) is 3.44. The van der Waals surface area contributed by atoms with Gasteiger partial charge >= 0.3 is 0 Å². The second kappa shape index (κ2) is 6.54. The van der Waals surface area contributed by atoms with Crippen molar-refractivity contribution >= 4 is 15.5 Å². The number of sulfone groups is 1. The maximum absolute atomic E-state index is 11.5. The molecule has 1 aromatic heterocycles. The number of pyridine rings is 1. The Morgan fingerprint density at radius 3 is 2.70 bits per heavy atom. The molecule has 0 bridgehead atoms. The maximum atomic E-state index is 11.5. The summed E-state index contributed by atoms with van der Waals surface area (Å²) >= 11 is 0. The highest BCUT2D eigenvalue weighted by Crippen LogP contribution is 2.21. The van der Waals surface area contributed by atoms with Crippen LogP contribution in [0.5, 0.6) is 0 Å². The van der Waals surface area contributed by atoms with Gasteiger partial charge in [-0.05, 0) is 24.1 Å².